The molecule has 3 heterocycles. The Morgan fingerprint density at radius 1 is 1.03 bits per heavy atom. The van der Waals surface area contributed by atoms with Gasteiger partial charge in [0.25, 0.3) is 5.56 Å². The lowest BCUT2D eigenvalue weighted by molar-refractivity contribution is 0.1000. The van der Waals surface area contributed by atoms with Crippen LogP contribution in [0.2, 0.25) is 0 Å². The number of hydrogen-bond donors (Lipinski definition) is 1. The van der Waals surface area contributed by atoms with Crippen LogP contribution in [0.15, 0.2) is 75.6 Å². The highest BCUT2D eigenvalue weighted by atomic mass is 32.2. The number of carbonyl (C=O) groups is 1. The average molecular weight is 445 g/mol. The summed E-state index contributed by atoms with van der Waals surface area (Å²) in [5.41, 5.74) is 7.92. The molecule has 0 fully saturated rings. The number of rotatable bonds is 5. The SMILES string of the molecule is Cn1cc(Sc2ccc3c(c2)c2cnn(Cc4cccc(C(N)=O)c4)c(=O)c2n3C)cn1. The van der Waals surface area contributed by atoms with Gasteiger partial charge in [0.15, 0.2) is 0 Å². The first-order chi connectivity index (χ1) is 15.4. The molecule has 3 aromatic heterocycles. The van der Waals surface area contributed by atoms with E-state index in [1.54, 1.807) is 40.8 Å². The number of nitrogens with zero attached hydrogens (tertiary/aromatic N) is 5. The minimum Gasteiger partial charge on any atom is -0.366 e. The third-order valence-electron chi connectivity index (χ3n) is 5.43. The zero-order valence-corrected chi connectivity index (χ0v) is 18.3. The molecule has 9 heteroatoms. The first kappa shape index (κ1) is 20.1. The molecule has 0 unspecified atom stereocenters. The summed E-state index contributed by atoms with van der Waals surface area (Å²) in [5, 5.41) is 10.4. The number of benzene rings is 2. The fraction of sp³-hybridized carbons (Fsp3) is 0.130. The van der Waals surface area contributed by atoms with Crippen molar-refractivity contribution < 1.29 is 4.79 Å². The molecule has 0 saturated carbocycles. The molecule has 0 spiro atoms. The van der Waals surface area contributed by atoms with Crippen molar-refractivity contribution in [3.05, 3.63) is 82.5 Å². The van der Waals surface area contributed by atoms with Crippen LogP contribution >= 0.6 is 11.8 Å². The number of hydrogen-bond acceptors (Lipinski definition) is 5. The van der Waals surface area contributed by atoms with Crippen LogP contribution in [0.3, 0.4) is 0 Å². The molecule has 1 amide bonds. The van der Waals surface area contributed by atoms with E-state index in [9.17, 15) is 9.59 Å². The third-order valence-corrected chi connectivity index (χ3v) is 6.37. The van der Waals surface area contributed by atoms with Crippen LogP contribution in [0.25, 0.3) is 21.8 Å². The number of aromatic nitrogens is 5. The minimum absolute atomic E-state index is 0.188. The van der Waals surface area contributed by atoms with Gasteiger partial charge in [-0.3, -0.25) is 14.3 Å². The lowest BCUT2D eigenvalue weighted by Gasteiger charge is -2.06. The van der Waals surface area contributed by atoms with E-state index in [2.05, 4.69) is 16.3 Å². The van der Waals surface area contributed by atoms with Crippen molar-refractivity contribution in [3.63, 3.8) is 0 Å². The number of carbonyl (C=O) groups excluding carboxylic acids is 1. The zero-order chi connectivity index (χ0) is 22.4. The molecule has 0 radical (unpaired) electrons. The highest BCUT2D eigenvalue weighted by Crippen LogP contribution is 2.33. The summed E-state index contributed by atoms with van der Waals surface area (Å²) in [5.74, 6) is -0.503. The number of fused-ring (bicyclic) bond motifs is 3. The van der Waals surface area contributed by atoms with E-state index in [4.69, 9.17) is 5.73 Å². The summed E-state index contributed by atoms with van der Waals surface area (Å²) in [4.78, 5) is 26.9. The molecule has 5 rings (SSSR count). The van der Waals surface area contributed by atoms with Crippen molar-refractivity contribution in [2.45, 2.75) is 16.3 Å². The van der Waals surface area contributed by atoms with E-state index < -0.39 is 5.91 Å². The topological polar surface area (TPSA) is 101 Å². The Morgan fingerprint density at radius 2 is 1.88 bits per heavy atom. The van der Waals surface area contributed by atoms with Gasteiger partial charge < -0.3 is 10.3 Å². The Labute approximate surface area is 187 Å². The molecule has 32 heavy (non-hydrogen) atoms. The number of nitrogens with two attached hydrogens (primary N) is 1. The smallest absolute Gasteiger partial charge is 0.291 e. The predicted octanol–water partition coefficient (Wildman–Crippen LogP) is 2.92. The minimum atomic E-state index is -0.503. The van der Waals surface area contributed by atoms with Crippen molar-refractivity contribution in [2.24, 2.45) is 19.8 Å². The average Bonchev–Trinajstić information content (AvgIpc) is 3.31. The Kier molecular flexibility index (Phi) is 4.82. The van der Waals surface area contributed by atoms with Crippen molar-refractivity contribution in [2.75, 3.05) is 0 Å². The van der Waals surface area contributed by atoms with Crippen LogP contribution in [0.1, 0.15) is 15.9 Å². The van der Waals surface area contributed by atoms with Crippen LogP contribution in [0.4, 0.5) is 0 Å². The lowest BCUT2D eigenvalue weighted by Crippen LogP contribution is -2.24. The summed E-state index contributed by atoms with van der Waals surface area (Å²) < 4.78 is 5.08. The zero-order valence-electron chi connectivity index (χ0n) is 17.5. The summed E-state index contributed by atoms with van der Waals surface area (Å²) >= 11 is 1.62. The van der Waals surface area contributed by atoms with Crippen LogP contribution in [0, 0.1) is 0 Å². The van der Waals surface area contributed by atoms with Gasteiger partial charge in [0.05, 0.1) is 23.8 Å². The van der Waals surface area contributed by atoms with Crippen molar-refractivity contribution in [1.29, 1.82) is 0 Å². The summed E-state index contributed by atoms with van der Waals surface area (Å²) in [7, 11) is 3.77. The van der Waals surface area contributed by atoms with Crippen LogP contribution in [0.5, 0.6) is 0 Å². The van der Waals surface area contributed by atoms with E-state index in [1.165, 1.54) is 4.68 Å². The standard InChI is InChI=1S/C23H20N6O2S/c1-27-13-17(10-25-27)32-16-6-7-20-18(9-16)19-11-26-29(23(31)21(19)28(20)2)12-14-4-3-5-15(8-14)22(24)30/h3-11,13H,12H2,1-2H3,(H2,24,30). The fourth-order valence-corrected chi connectivity index (χ4v) is 4.79. The molecule has 0 bridgehead atoms. The number of aryl methyl sites for hydroxylation is 2. The maximum Gasteiger partial charge on any atom is 0.291 e. The molecule has 2 N–H and O–H groups in total. The van der Waals surface area contributed by atoms with Crippen molar-refractivity contribution >= 4 is 39.5 Å². The highest BCUT2D eigenvalue weighted by Gasteiger charge is 2.15. The van der Waals surface area contributed by atoms with Crippen molar-refractivity contribution in [3.8, 4) is 0 Å². The first-order valence-corrected chi connectivity index (χ1v) is 10.8. The second-order valence-electron chi connectivity index (χ2n) is 7.62. The lowest BCUT2D eigenvalue weighted by atomic mass is 10.1. The normalized spacial score (nSPS) is 11.4. The van der Waals surface area contributed by atoms with E-state index >= 15 is 0 Å². The monoisotopic (exact) mass is 444 g/mol. The van der Waals surface area contributed by atoms with Gasteiger partial charge >= 0.3 is 0 Å². The second-order valence-corrected chi connectivity index (χ2v) is 8.77. The van der Waals surface area contributed by atoms with Crippen LogP contribution in [-0.4, -0.2) is 30.0 Å². The third kappa shape index (κ3) is 3.46. The van der Waals surface area contributed by atoms with Gasteiger partial charge in [-0.1, -0.05) is 23.9 Å². The van der Waals surface area contributed by atoms with E-state index in [-0.39, 0.29) is 12.1 Å². The second kappa shape index (κ2) is 7.69. The first-order valence-electron chi connectivity index (χ1n) is 9.94. The molecule has 8 nitrogen and oxygen atoms in total. The van der Waals surface area contributed by atoms with Gasteiger partial charge in [-0.25, -0.2) is 4.68 Å². The Balaban J connectivity index is 1.57. The highest BCUT2D eigenvalue weighted by molar-refractivity contribution is 7.99. The van der Waals surface area contributed by atoms with E-state index in [0.717, 1.165) is 31.6 Å². The molecule has 0 aliphatic carbocycles. The molecule has 0 atom stereocenters. The Bertz CT molecular complexity index is 1560. The molecular formula is C23H20N6O2S. The van der Waals surface area contributed by atoms with Crippen molar-refractivity contribution in [1.82, 2.24) is 24.1 Å². The van der Waals surface area contributed by atoms with E-state index in [1.807, 2.05) is 49.3 Å². The summed E-state index contributed by atoms with van der Waals surface area (Å²) in [6.45, 7) is 0.250. The number of primary amides is 1. The maximum absolute atomic E-state index is 13.3. The van der Waals surface area contributed by atoms with Gasteiger partial charge in [0, 0.05) is 47.0 Å². The molecule has 0 aliphatic rings. The largest absolute Gasteiger partial charge is 0.366 e. The summed E-state index contributed by atoms with van der Waals surface area (Å²) in [6.07, 6.45) is 5.52. The quantitative estimate of drug-likeness (QED) is 0.449. The molecule has 160 valence electrons. The maximum atomic E-state index is 13.3. The Morgan fingerprint density at radius 3 is 2.62 bits per heavy atom. The molecular weight excluding hydrogens is 424 g/mol. The van der Waals surface area contributed by atoms with Gasteiger partial charge in [-0.2, -0.15) is 10.2 Å². The van der Waals surface area contributed by atoms with Gasteiger partial charge in [-0.05, 0) is 35.9 Å². The number of amides is 1. The van der Waals surface area contributed by atoms with Gasteiger partial charge in [0.2, 0.25) is 5.91 Å². The van der Waals surface area contributed by atoms with Crippen LogP contribution < -0.4 is 11.3 Å². The molecule has 5 aromatic rings. The predicted molar refractivity (Wildman–Crippen MR) is 124 cm³/mol. The molecule has 2 aromatic carbocycles. The fourth-order valence-electron chi connectivity index (χ4n) is 3.90. The Hall–Kier alpha value is -3.85. The van der Waals surface area contributed by atoms with Gasteiger partial charge in [-0.15, -0.1) is 0 Å². The van der Waals surface area contributed by atoms with Gasteiger partial charge in [0.1, 0.15) is 5.52 Å². The molecule has 0 saturated heterocycles. The molecule has 0 aliphatic heterocycles. The van der Waals surface area contributed by atoms with Crippen LogP contribution in [-0.2, 0) is 20.6 Å². The van der Waals surface area contributed by atoms with E-state index in [0.29, 0.717) is 11.1 Å². The summed E-state index contributed by atoms with van der Waals surface area (Å²) in [6, 6.07) is 13.1.